The van der Waals surface area contributed by atoms with Gasteiger partial charge in [0.25, 0.3) is 5.56 Å². The molecule has 2 aliphatic heterocycles. The summed E-state index contributed by atoms with van der Waals surface area (Å²) in [6.45, 7) is 4.27. The molecule has 3 aromatic heterocycles. The van der Waals surface area contributed by atoms with E-state index in [1.54, 1.807) is 6.20 Å². The third kappa shape index (κ3) is 4.24. The first-order valence-electron chi connectivity index (χ1n) is 11.1. The van der Waals surface area contributed by atoms with Crippen molar-refractivity contribution in [3.8, 4) is 5.75 Å². The first kappa shape index (κ1) is 24.7. The highest BCUT2D eigenvalue weighted by Crippen LogP contribution is 2.41. The van der Waals surface area contributed by atoms with Gasteiger partial charge in [-0.15, -0.1) is 36.2 Å². The third-order valence-electron chi connectivity index (χ3n) is 6.76. The molecule has 0 saturated carbocycles. The number of nitrogens with one attached hydrogen (secondary N) is 1. The van der Waals surface area contributed by atoms with Crippen LogP contribution in [0.1, 0.15) is 24.3 Å². The van der Waals surface area contributed by atoms with E-state index in [2.05, 4.69) is 33.1 Å². The molecule has 180 valence electrons. The number of aromatic amines is 1. The molecule has 2 atom stereocenters. The van der Waals surface area contributed by atoms with Crippen molar-refractivity contribution in [2.45, 2.75) is 25.3 Å². The van der Waals surface area contributed by atoms with Crippen LogP contribution in [-0.2, 0) is 6.54 Å². The van der Waals surface area contributed by atoms with Gasteiger partial charge < -0.3 is 14.6 Å². The predicted octanol–water partition coefficient (Wildman–Crippen LogP) is 4.03. The van der Waals surface area contributed by atoms with E-state index >= 15 is 0 Å². The molecule has 6 rings (SSSR count). The second kappa shape index (κ2) is 10.1. The molecule has 2 aliphatic rings. The summed E-state index contributed by atoms with van der Waals surface area (Å²) in [5, 5.41) is 0. The molecule has 0 bridgehead atoms. The average molecular weight is 521 g/mol. The normalized spacial score (nSPS) is 19.2. The number of pyridine rings is 1. The van der Waals surface area contributed by atoms with E-state index in [4.69, 9.17) is 4.74 Å². The summed E-state index contributed by atoms with van der Waals surface area (Å²) in [4.78, 5) is 35.2. The van der Waals surface area contributed by atoms with Crippen LogP contribution in [0.2, 0.25) is 0 Å². The topological polar surface area (TPSA) is 80.2 Å². The van der Waals surface area contributed by atoms with Crippen LogP contribution >= 0.6 is 36.2 Å². The number of hydrogen-bond donors (Lipinski definition) is 1. The lowest BCUT2D eigenvalue weighted by Crippen LogP contribution is -2.34. The van der Waals surface area contributed by atoms with Crippen molar-refractivity contribution in [1.82, 2.24) is 19.4 Å². The summed E-state index contributed by atoms with van der Waals surface area (Å²) < 4.78 is 8.77. The van der Waals surface area contributed by atoms with Crippen LogP contribution < -0.4 is 16.0 Å². The van der Waals surface area contributed by atoms with Crippen LogP contribution in [0, 0.1) is 5.92 Å². The summed E-state index contributed by atoms with van der Waals surface area (Å²) in [5.74, 6) is 2.11. The van der Waals surface area contributed by atoms with Crippen molar-refractivity contribution < 1.29 is 4.74 Å². The number of para-hydroxylation sites is 1. The predicted molar refractivity (Wildman–Crippen MR) is 140 cm³/mol. The quantitative estimate of drug-likeness (QED) is 0.401. The largest absolute Gasteiger partial charge is 0.493 e. The maximum Gasteiger partial charge on any atom is 0.328 e. The Hall–Kier alpha value is -2.39. The van der Waals surface area contributed by atoms with Crippen LogP contribution in [0.15, 0.2) is 52.2 Å². The van der Waals surface area contributed by atoms with Crippen molar-refractivity contribution in [3.63, 3.8) is 0 Å². The van der Waals surface area contributed by atoms with Gasteiger partial charge in [0.15, 0.2) is 0 Å². The first-order chi connectivity index (χ1) is 15.7. The van der Waals surface area contributed by atoms with Crippen molar-refractivity contribution in [1.29, 1.82) is 0 Å². The Labute approximate surface area is 212 Å². The lowest BCUT2D eigenvalue weighted by Gasteiger charge is -2.27. The second-order valence-electron chi connectivity index (χ2n) is 8.73. The van der Waals surface area contributed by atoms with Gasteiger partial charge in [-0.1, -0.05) is 18.2 Å². The third-order valence-corrected chi connectivity index (χ3v) is 7.89. The Bertz CT molecular complexity index is 1430. The summed E-state index contributed by atoms with van der Waals surface area (Å²) in [7, 11) is 0. The van der Waals surface area contributed by atoms with Gasteiger partial charge in [0, 0.05) is 37.7 Å². The Balaban J connectivity index is 0.00000137. The van der Waals surface area contributed by atoms with Crippen molar-refractivity contribution in [2.75, 3.05) is 26.2 Å². The molecule has 1 N–H and O–H groups in total. The summed E-state index contributed by atoms with van der Waals surface area (Å²) in [5.41, 5.74) is 2.01. The standard InChI is InChI=1S/C24H24N4O3S.2ClH/c29-23-22-21(20-19(32-22)8-5-9-25-20)26-24(30)28(23)11-4-3-10-27-12-15-14-31-18-7-2-1-6-16(18)17(15)13-27;;/h1-2,5-9,15,17H,3-4,10-14H2,(H,26,30);2*1H/t15-,17-;;/m1../s1. The number of hydrogen-bond acceptors (Lipinski definition) is 6. The van der Waals surface area contributed by atoms with Gasteiger partial charge >= 0.3 is 5.69 Å². The lowest BCUT2D eigenvalue weighted by atomic mass is 9.87. The SMILES string of the molecule is Cl.Cl.O=c1[nH]c2c(sc3cccnc32)c(=O)n1CCCCN1C[C@@H]2COc3ccccc3[C@@H]2C1. The van der Waals surface area contributed by atoms with Crippen LogP contribution in [0.4, 0.5) is 0 Å². The minimum atomic E-state index is -0.353. The molecule has 10 heteroatoms. The number of aromatic nitrogens is 3. The fraction of sp³-hybridized carbons (Fsp3) is 0.375. The van der Waals surface area contributed by atoms with Crippen molar-refractivity contribution in [3.05, 3.63) is 69.0 Å². The molecule has 7 nitrogen and oxygen atoms in total. The monoisotopic (exact) mass is 520 g/mol. The maximum absolute atomic E-state index is 13.0. The molecule has 4 aromatic rings. The highest BCUT2D eigenvalue weighted by atomic mass is 35.5. The van der Waals surface area contributed by atoms with E-state index in [1.807, 2.05) is 18.2 Å². The molecule has 0 spiro atoms. The molecule has 0 radical (unpaired) electrons. The number of rotatable bonds is 5. The Morgan fingerprint density at radius 1 is 1.06 bits per heavy atom. The fourth-order valence-corrected chi connectivity index (χ4v) is 6.24. The van der Waals surface area contributed by atoms with Crippen molar-refractivity contribution >= 4 is 56.6 Å². The number of H-pyrrole nitrogens is 1. The number of halogens is 2. The van der Waals surface area contributed by atoms with E-state index in [0.29, 0.717) is 34.1 Å². The molecular formula is C24H26Cl2N4O3S. The minimum Gasteiger partial charge on any atom is -0.493 e. The Morgan fingerprint density at radius 3 is 2.76 bits per heavy atom. The number of benzene rings is 1. The highest BCUT2D eigenvalue weighted by molar-refractivity contribution is 7.25. The molecule has 1 saturated heterocycles. The van der Waals surface area contributed by atoms with E-state index in [0.717, 1.165) is 49.5 Å². The van der Waals surface area contributed by atoms with Crippen LogP contribution in [0.5, 0.6) is 5.75 Å². The molecule has 0 amide bonds. The lowest BCUT2D eigenvalue weighted by molar-refractivity contribution is 0.212. The van der Waals surface area contributed by atoms with E-state index in [9.17, 15) is 9.59 Å². The van der Waals surface area contributed by atoms with Gasteiger partial charge in [-0.3, -0.25) is 14.3 Å². The van der Waals surface area contributed by atoms with Crippen LogP contribution in [-0.4, -0.2) is 45.7 Å². The molecule has 5 heterocycles. The number of ether oxygens (including phenoxy) is 1. The van der Waals surface area contributed by atoms with Crippen molar-refractivity contribution in [2.24, 2.45) is 5.92 Å². The smallest absolute Gasteiger partial charge is 0.328 e. The zero-order chi connectivity index (χ0) is 21.7. The maximum atomic E-state index is 13.0. The van der Waals surface area contributed by atoms with E-state index < -0.39 is 0 Å². The second-order valence-corrected chi connectivity index (χ2v) is 9.78. The zero-order valence-electron chi connectivity index (χ0n) is 18.4. The summed E-state index contributed by atoms with van der Waals surface area (Å²) in [6.07, 6.45) is 3.41. The van der Waals surface area contributed by atoms with Gasteiger partial charge in [0.1, 0.15) is 16.0 Å². The number of thiophene rings is 1. The molecule has 0 unspecified atom stereocenters. The number of likely N-dealkylation sites (tertiary alicyclic amines) is 1. The molecule has 1 aromatic carbocycles. The van der Waals surface area contributed by atoms with Crippen LogP contribution in [0.25, 0.3) is 20.4 Å². The number of fused-ring (bicyclic) bond motifs is 6. The summed E-state index contributed by atoms with van der Waals surface area (Å²) in [6, 6.07) is 12.1. The van der Waals surface area contributed by atoms with Crippen LogP contribution in [0.3, 0.4) is 0 Å². The molecule has 0 aliphatic carbocycles. The van der Waals surface area contributed by atoms with E-state index in [1.165, 1.54) is 21.5 Å². The number of unbranched alkanes of at least 4 members (excludes halogenated alkanes) is 1. The minimum absolute atomic E-state index is 0. The number of nitrogens with zero attached hydrogens (tertiary/aromatic N) is 3. The van der Waals surface area contributed by atoms with Gasteiger partial charge in [0.2, 0.25) is 0 Å². The summed E-state index contributed by atoms with van der Waals surface area (Å²) >= 11 is 1.39. The Kier molecular flexibility index (Phi) is 7.33. The van der Waals surface area contributed by atoms with E-state index in [-0.39, 0.29) is 36.1 Å². The highest BCUT2D eigenvalue weighted by Gasteiger charge is 2.38. The van der Waals surface area contributed by atoms with Gasteiger partial charge in [-0.05, 0) is 43.1 Å². The molecule has 1 fully saturated rings. The van der Waals surface area contributed by atoms with Gasteiger partial charge in [0.05, 0.1) is 16.8 Å². The first-order valence-corrected chi connectivity index (χ1v) is 11.9. The molecular weight excluding hydrogens is 495 g/mol. The molecule has 34 heavy (non-hydrogen) atoms. The van der Waals surface area contributed by atoms with Gasteiger partial charge in [-0.2, -0.15) is 0 Å². The Morgan fingerprint density at radius 2 is 1.88 bits per heavy atom. The fourth-order valence-electron chi connectivity index (χ4n) is 5.17. The zero-order valence-corrected chi connectivity index (χ0v) is 20.9. The average Bonchev–Trinajstić information content (AvgIpc) is 3.40. The van der Waals surface area contributed by atoms with Gasteiger partial charge in [-0.25, -0.2) is 4.79 Å².